The molecule has 0 aliphatic carbocycles. The molecular weight excluding hydrogens is 330 g/mol. The van der Waals surface area contributed by atoms with E-state index in [4.69, 9.17) is 14.2 Å². The van der Waals surface area contributed by atoms with Crippen LogP contribution < -0.4 is 15.4 Å². The van der Waals surface area contributed by atoms with Crippen molar-refractivity contribution >= 4 is 5.96 Å². The van der Waals surface area contributed by atoms with E-state index in [-0.39, 0.29) is 0 Å². The monoisotopic (exact) mass is 365 g/mol. The van der Waals surface area contributed by atoms with Gasteiger partial charge in [-0.05, 0) is 25.8 Å². The second-order valence-electron chi connectivity index (χ2n) is 5.87. The van der Waals surface area contributed by atoms with E-state index in [0.717, 1.165) is 56.4 Å². The number of hydrogen-bond acceptors (Lipinski definition) is 4. The molecule has 1 aromatic carbocycles. The Morgan fingerprint density at radius 3 is 2.58 bits per heavy atom. The summed E-state index contributed by atoms with van der Waals surface area (Å²) in [6, 6.07) is 7.90. The van der Waals surface area contributed by atoms with E-state index in [1.54, 1.807) is 7.11 Å². The Bertz CT molecular complexity index is 495. The quantitative estimate of drug-likeness (QED) is 0.301. The normalized spacial score (nSPS) is 11.4. The third-order valence-electron chi connectivity index (χ3n) is 3.69. The molecule has 0 bridgehead atoms. The van der Waals surface area contributed by atoms with Crippen molar-refractivity contribution in [3.8, 4) is 5.75 Å². The first kappa shape index (κ1) is 22.3. The Labute approximate surface area is 158 Å². The molecule has 2 N–H and O–H groups in total. The van der Waals surface area contributed by atoms with E-state index in [1.165, 1.54) is 6.42 Å². The van der Waals surface area contributed by atoms with Crippen molar-refractivity contribution in [1.82, 2.24) is 10.6 Å². The van der Waals surface area contributed by atoms with E-state index in [9.17, 15) is 0 Å². The highest BCUT2D eigenvalue weighted by Gasteiger charge is 2.02. The summed E-state index contributed by atoms with van der Waals surface area (Å²) in [5.41, 5.74) is 1.05. The molecule has 26 heavy (non-hydrogen) atoms. The Morgan fingerprint density at radius 1 is 1.00 bits per heavy atom. The minimum Gasteiger partial charge on any atom is -0.496 e. The first-order chi connectivity index (χ1) is 12.8. The standard InChI is InChI=1S/C20H35N3O3/c1-4-6-14-25-15-9-12-22-20(21-5-2)23-13-16-26-17-18-10-7-8-11-19(18)24-3/h7-8,10-11H,4-6,9,12-17H2,1-3H3,(H2,21,22,23). The largest absolute Gasteiger partial charge is 0.496 e. The maximum atomic E-state index is 5.73. The lowest BCUT2D eigenvalue weighted by Crippen LogP contribution is -2.39. The van der Waals surface area contributed by atoms with Crippen LogP contribution >= 0.6 is 0 Å². The van der Waals surface area contributed by atoms with Gasteiger partial charge < -0.3 is 24.8 Å². The van der Waals surface area contributed by atoms with Crippen molar-refractivity contribution in [3.05, 3.63) is 29.8 Å². The second kappa shape index (κ2) is 15.5. The van der Waals surface area contributed by atoms with Crippen molar-refractivity contribution in [2.75, 3.05) is 46.6 Å². The van der Waals surface area contributed by atoms with Crippen LogP contribution in [0.15, 0.2) is 29.3 Å². The Morgan fingerprint density at radius 2 is 1.81 bits per heavy atom. The van der Waals surface area contributed by atoms with Crippen LogP contribution in [-0.2, 0) is 16.1 Å². The highest BCUT2D eigenvalue weighted by atomic mass is 16.5. The molecule has 0 fully saturated rings. The average Bonchev–Trinajstić information content (AvgIpc) is 2.67. The summed E-state index contributed by atoms with van der Waals surface area (Å²) in [5, 5.41) is 6.53. The fraction of sp³-hybridized carbons (Fsp3) is 0.650. The van der Waals surface area contributed by atoms with E-state index >= 15 is 0 Å². The number of benzene rings is 1. The maximum absolute atomic E-state index is 5.73. The maximum Gasteiger partial charge on any atom is 0.191 e. The van der Waals surface area contributed by atoms with Crippen LogP contribution in [0.25, 0.3) is 0 Å². The van der Waals surface area contributed by atoms with Crippen LogP contribution in [0, 0.1) is 0 Å². The van der Waals surface area contributed by atoms with Crippen LogP contribution in [0.2, 0.25) is 0 Å². The number of hydrogen-bond donors (Lipinski definition) is 2. The third-order valence-corrected chi connectivity index (χ3v) is 3.69. The molecule has 6 nitrogen and oxygen atoms in total. The lowest BCUT2D eigenvalue weighted by molar-refractivity contribution is 0.123. The first-order valence-corrected chi connectivity index (χ1v) is 9.61. The SMILES string of the molecule is CCCCOCCCN=C(NCC)NCCOCc1ccccc1OC. The number of ether oxygens (including phenoxy) is 3. The van der Waals surface area contributed by atoms with Gasteiger partial charge in [-0.15, -0.1) is 0 Å². The molecule has 0 saturated carbocycles. The molecule has 0 heterocycles. The zero-order valence-corrected chi connectivity index (χ0v) is 16.6. The summed E-state index contributed by atoms with van der Waals surface area (Å²) in [4.78, 5) is 4.55. The average molecular weight is 366 g/mol. The Balaban J connectivity index is 2.19. The Hall–Kier alpha value is -1.79. The summed E-state index contributed by atoms with van der Waals surface area (Å²) >= 11 is 0. The number of nitrogens with zero attached hydrogens (tertiary/aromatic N) is 1. The molecule has 0 aromatic heterocycles. The molecule has 0 aliphatic rings. The number of unbranched alkanes of at least 4 members (excludes halogenated alkanes) is 1. The zero-order valence-electron chi connectivity index (χ0n) is 16.6. The predicted molar refractivity (Wildman–Crippen MR) is 107 cm³/mol. The number of aliphatic imine (C=N–C) groups is 1. The van der Waals surface area contributed by atoms with Gasteiger partial charge in [0.05, 0.1) is 20.3 Å². The molecule has 0 aliphatic heterocycles. The van der Waals surface area contributed by atoms with Crippen LogP contribution in [0.1, 0.15) is 38.7 Å². The first-order valence-electron chi connectivity index (χ1n) is 9.61. The second-order valence-corrected chi connectivity index (χ2v) is 5.87. The van der Waals surface area contributed by atoms with Crippen LogP contribution in [0.4, 0.5) is 0 Å². The van der Waals surface area contributed by atoms with Gasteiger partial charge in [0.2, 0.25) is 0 Å². The number of rotatable bonds is 14. The van der Waals surface area contributed by atoms with Crippen molar-refractivity contribution in [1.29, 1.82) is 0 Å². The molecule has 0 unspecified atom stereocenters. The van der Waals surface area contributed by atoms with Crippen molar-refractivity contribution in [3.63, 3.8) is 0 Å². The van der Waals surface area contributed by atoms with Crippen molar-refractivity contribution < 1.29 is 14.2 Å². The summed E-state index contributed by atoms with van der Waals surface area (Å²) in [6.45, 7) is 9.27. The highest BCUT2D eigenvalue weighted by molar-refractivity contribution is 5.79. The summed E-state index contributed by atoms with van der Waals surface area (Å²) < 4.78 is 16.6. The number of nitrogens with one attached hydrogen (secondary N) is 2. The summed E-state index contributed by atoms with van der Waals surface area (Å²) in [6.07, 6.45) is 3.23. The van der Waals surface area contributed by atoms with E-state index in [1.807, 2.05) is 24.3 Å². The van der Waals surface area contributed by atoms with Gasteiger partial charge in [0.1, 0.15) is 5.75 Å². The molecule has 0 saturated heterocycles. The van der Waals surface area contributed by atoms with Gasteiger partial charge >= 0.3 is 0 Å². The molecule has 6 heteroatoms. The number of para-hydroxylation sites is 1. The molecule has 1 aromatic rings. The fourth-order valence-electron chi connectivity index (χ4n) is 2.29. The van der Waals surface area contributed by atoms with Crippen LogP contribution in [-0.4, -0.2) is 52.5 Å². The minimum atomic E-state index is 0.536. The lowest BCUT2D eigenvalue weighted by Gasteiger charge is -2.12. The van der Waals surface area contributed by atoms with E-state index < -0.39 is 0 Å². The third kappa shape index (κ3) is 10.3. The van der Waals surface area contributed by atoms with E-state index in [2.05, 4.69) is 29.5 Å². The van der Waals surface area contributed by atoms with Gasteiger partial charge in [-0.25, -0.2) is 0 Å². The lowest BCUT2D eigenvalue weighted by atomic mass is 10.2. The summed E-state index contributed by atoms with van der Waals surface area (Å²) in [7, 11) is 1.67. The molecule has 0 spiro atoms. The zero-order chi connectivity index (χ0) is 18.9. The van der Waals surface area contributed by atoms with Crippen LogP contribution in [0.3, 0.4) is 0 Å². The van der Waals surface area contributed by atoms with Gasteiger partial charge in [0.15, 0.2) is 5.96 Å². The van der Waals surface area contributed by atoms with Gasteiger partial charge in [-0.2, -0.15) is 0 Å². The van der Waals surface area contributed by atoms with Crippen molar-refractivity contribution in [2.24, 2.45) is 4.99 Å². The molecule has 0 amide bonds. The molecule has 148 valence electrons. The van der Waals surface area contributed by atoms with Gasteiger partial charge in [0, 0.05) is 38.4 Å². The molecular formula is C20H35N3O3. The molecule has 0 radical (unpaired) electrons. The molecule has 1 rings (SSSR count). The van der Waals surface area contributed by atoms with Gasteiger partial charge in [-0.1, -0.05) is 31.5 Å². The van der Waals surface area contributed by atoms with Gasteiger partial charge in [-0.3, -0.25) is 4.99 Å². The predicted octanol–water partition coefficient (Wildman–Crippen LogP) is 2.97. The number of guanidine groups is 1. The van der Waals surface area contributed by atoms with Gasteiger partial charge in [0.25, 0.3) is 0 Å². The highest BCUT2D eigenvalue weighted by Crippen LogP contribution is 2.17. The summed E-state index contributed by atoms with van der Waals surface area (Å²) in [5.74, 6) is 1.68. The Kier molecular flexibility index (Phi) is 13.2. The smallest absolute Gasteiger partial charge is 0.191 e. The molecule has 0 atom stereocenters. The van der Waals surface area contributed by atoms with E-state index in [0.29, 0.717) is 19.8 Å². The topological polar surface area (TPSA) is 64.1 Å². The van der Waals surface area contributed by atoms with Crippen molar-refractivity contribution in [2.45, 2.75) is 39.7 Å². The van der Waals surface area contributed by atoms with Crippen LogP contribution in [0.5, 0.6) is 5.75 Å². The number of methoxy groups -OCH3 is 1. The fourth-order valence-corrected chi connectivity index (χ4v) is 2.29. The minimum absolute atomic E-state index is 0.536.